The number of aromatic hydroxyl groups is 1. The van der Waals surface area contributed by atoms with Crippen LogP contribution in [0, 0.1) is 0 Å². The standard InChI is InChI=1S/C6H4O.HI/c7-6-3-4-1-2-5(4)6;/h1-3,7H;1H. The molecule has 8 heavy (non-hydrogen) atoms. The number of benzene rings is 1. The molecule has 2 aliphatic carbocycles. The summed E-state index contributed by atoms with van der Waals surface area (Å²) in [7, 11) is 0. The third-order valence-electron chi connectivity index (χ3n) is 1.31. The first-order valence-electron chi connectivity index (χ1n) is 2.21. The van der Waals surface area contributed by atoms with Crippen LogP contribution in [0.4, 0.5) is 0 Å². The predicted octanol–water partition coefficient (Wildman–Crippen LogP) is 1.99. The fourth-order valence-electron chi connectivity index (χ4n) is 0.769. The molecule has 0 aromatic rings. The minimum absolute atomic E-state index is 0. The Morgan fingerprint density at radius 3 is 2.00 bits per heavy atom. The van der Waals surface area contributed by atoms with E-state index in [0.29, 0.717) is 5.75 Å². The van der Waals surface area contributed by atoms with Gasteiger partial charge in [-0.3, -0.25) is 0 Å². The lowest BCUT2D eigenvalue weighted by atomic mass is 9.93. The third kappa shape index (κ3) is 0.462. The van der Waals surface area contributed by atoms with E-state index >= 15 is 0 Å². The van der Waals surface area contributed by atoms with Crippen molar-refractivity contribution in [3.63, 3.8) is 0 Å². The lowest BCUT2D eigenvalue weighted by Crippen LogP contribution is -1.88. The maximum Gasteiger partial charge on any atom is 0.124 e. The number of hydrogen-bond acceptors (Lipinski definition) is 1. The van der Waals surface area contributed by atoms with E-state index < -0.39 is 0 Å². The van der Waals surface area contributed by atoms with Crippen molar-refractivity contribution in [3.05, 3.63) is 18.2 Å². The largest absolute Gasteiger partial charge is 0.507 e. The van der Waals surface area contributed by atoms with Gasteiger partial charge in [-0.1, -0.05) is 12.1 Å². The van der Waals surface area contributed by atoms with E-state index in [9.17, 15) is 0 Å². The Kier molecular flexibility index (Phi) is 1.19. The van der Waals surface area contributed by atoms with E-state index in [0.717, 1.165) is 5.56 Å². The highest BCUT2D eigenvalue weighted by Gasteiger charge is 2.14. The predicted molar refractivity (Wildman–Crippen MR) is 42.5 cm³/mol. The molecule has 0 aromatic heterocycles. The molecule has 0 amide bonds. The summed E-state index contributed by atoms with van der Waals surface area (Å²) >= 11 is 0. The Morgan fingerprint density at radius 2 is 2.00 bits per heavy atom. The van der Waals surface area contributed by atoms with Crippen molar-refractivity contribution in [1.82, 2.24) is 0 Å². The Labute approximate surface area is 64.4 Å². The van der Waals surface area contributed by atoms with Crippen molar-refractivity contribution in [3.8, 4) is 16.9 Å². The zero-order valence-corrected chi connectivity index (χ0v) is 6.42. The summed E-state index contributed by atoms with van der Waals surface area (Å²) in [5.74, 6) is 0.442. The lowest BCUT2D eigenvalue weighted by molar-refractivity contribution is 0.472. The summed E-state index contributed by atoms with van der Waals surface area (Å²) in [6.07, 6.45) is 0. The van der Waals surface area contributed by atoms with Crippen molar-refractivity contribution in [2.45, 2.75) is 0 Å². The number of hydrogen-bond donors (Lipinski definition) is 1. The molecule has 0 heterocycles. The second-order valence-corrected chi connectivity index (χ2v) is 1.73. The highest BCUT2D eigenvalue weighted by molar-refractivity contribution is 14.0. The van der Waals surface area contributed by atoms with Crippen LogP contribution < -0.4 is 0 Å². The first kappa shape index (κ1) is 5.88. The summed E-state index contributed by atoms with van der Waals surface area (Å²) in [5, 5.41) is 8.69. The van der Waals surface area contributed by atoms with Crippen LogP contribution in [0.2, 0.25) is 0 Å². The number of halogens is 1. The monoisotopic (exact) mass is 220 g/mol. The summed E-state index contributed by atoms with van der Waals surface area (Å²) in [6.45, 7) is 0. The zero-order chi connectivity index (χ0) is 4.85. The molecule has 1 N–H and O–H groups in total. The molecule has 0 fully saturated rings. The van der Waals surface area contributed by atoms with Gasteiger partial charge in [0.05, 0.1) is 0 Å². The highest BCUT2D eigenvalue weighted by Crippen LogP contribution is 2.41. The van der Waals surface area contributed by atoms with Gasteiger partial charge >= 0.3 is 0 Å². The van der Waals surface area contributed by atoms with E-state index in [1.54, 1.807) is 6.07 Å². The summed E-state index contributed by atoms with van der Waals surface area (Å²) in [6, 6.07) is 5.65. The van der Waals surface area contributed by atoms with Crippen LogP contribution in [-0.2, 0) is 0 Å². The normalized spacial score (nSPS) is 10.0. The van der Waals surface area contributed by atoms with Gasteiger partial charge in [-0.15, -0.1) is 24.0 Å². The number of rotatable bonds is 0. The molecular formula is C6H5IO. The van der Waals surface area contributed by atoms with Crippen LogP contribution in [0.5, 0.6) is 5.75 Å². The van der Waals surface area contributed by atoms with Gasteiger partial charge in [0.2, 0.25) is 0 Å². The zero-order valence-electron chi connectivity index (χ0n) is 4.09. The fourth-order valence-corrected chi connectivity index (χ4v) is 0.769. The average molecular weight is 220 g/mol. The van der Waals surface area contributed by atoms with Gasteiger partial charge in [-0.2, -0.15) is 0 Å². The van der Waals surface area contributed by atoms with Crippen LogP contribution in [0.3, 0.4) is 0 Å². The van der Waals surface area contributed by atoms with Crippen LogP contribution >= 0.6 is 24.0 Å². The third-order valence-corrected chi connectivity index (χ3v) is 1.31. The van der Waals surface area contributed by atoms with Gasteiger partial charge in [-0.25, -0.2) is 0 Å². The molecule has 0 unspecified atom stereocenters. The molecule has 0 aromatic carbocycles. The van der Waals surface area contributed by atoms with Crippen molar-refractivity contribution in [2.75, 3.05) is 0 Å². The van der Waals surface area contributed by atoms with Crippen molar-refractivity contribution in [1.29, 1.82) is 0 Å². The average Bonchev–Trinajstić information content (AvgIpc) is 1.59. The molecule has 0 radical (unpaired) electrons. The van der Waals surface area contributed by atoms with Gasteiger partial charge in [0.15, 0.2) is 0 Å². The van der Waals surface area contributed by atoms with Gasteiger partial charge in [-0.05, 0) is 11.6 Å². The first-order valence-corrected chi connectivity index (χ1v) is 2.21. The minimum atomic E-state index is 0. The van der Waals surface area contributed by atoms with Gasteiger partial charge in [0.1, 0.15) is 5.75 Å². The number of phenols is 1. The Balaban J connectivity index is 0.000000320. The van der Waals surface area contributed by atoms with E-state index in [4.69, 9.17) is 5.11 Å². The van der Waals surface area contributed by atoms with Crippen molar-refractivity contribution >= 4 is 24.0 Å². The molecule has 2 aliphatic rings. The number of fused-ring (bicyclic) bond motifs is 1. The fraction of sp³-hybridized carbons (Fsp3) is 0. The number of phenolic OH excluding ortho intramolecular Hbond substituents is 1. The van der Waals surface area contributed by atoms with Crippen LogP contribution in [0.15, 0.2) is 18.2 Å². The molecule has 1 nitrogen and oxygen atoms in total. The molecular weight excluding hydrogens is 215 g/mol. The summed E-state index contributed by atoms with van der Waals surface area (Å²) in [4.78, 5) is 0. The molecule has 42 valence electrons. The smallest absolute Gasteiger partial charge is 0.124 e. The Bertz CT molecular complexity index is 220. The Hall–Kier alpha value is -0.250. The maximum atomic E-state index is 8.69. The van der Waals surface area contributed by atoms with Crippen molar-refractivity contribution in [2.24, 2.45) is 0 Å². The molecule has 0 spiro atoms. The SMILES string of the molecule is I.Oc1cc2ccc1-2. The molecule has 0 bridgehead atoms. The quantitative estimate of drug-likeness (QED) is 0.673. The Morgan fingerprint density at radius 1 is 1.25 bits per heavy atom. The van der Waals surface area contributed by atoms with E-state index in [1.807, 2.05) is 12.1 Å². The minimum Gasteiger partial charge on any atom is -0.507 e. The maximum absolute atomic E-state index is 8.69. The van der Waals surface area contributed by atoms with Gasteiger partial charge < -0.3 is 5.11 Å². The molecule has 0 atom stereocenters. The van der Waals surface area contributed by atoms with E-state index in [-0.39, 0.29) is 24.0 Å². The van der Waals surface area contributed by atoms with Crippen LogP contribution in [0.25, 0.3) is 11.1 Å². The second-order valence-electron chi connectivity index (χ2n) is 1.73. The second kappa shape index (κ2) is 1.62. The molecule has 0 saturated heterocycles. The van der Waals surface area contributed by atoms with Gasteiger partial charge in [0.25, 0.3) is 0 Å². The molecule has 0 aliphatic heterocycles. The lowest BCUT2D eigenvalue weighted by Gasteiger charge is -2.14. The summed E-state index contributed by atoms with van der Waals surface area (Å²) < 4.78 is 0. The molecule has 0 saturated carbocycles. The topological polar surface area (TPSA) is 20.2 Å². The molecule has 2 heteroatoms. The highest BCUT2D eigenvalue weighted by atomic mass is 127. The van der Waals surface area contributed by atoms with E-state index in [1.165, 1.54) is 5.56 Å². The summed E-state index contributed by atoms with van der Waals surface area (Å²) in [5.41, 5.74) is 2.22. The van der Waals surface area contributed by atoms with Crippen LogP contribution in [0.1, 0.15) is 0 Å². The van der Waals surface area contributed by atoms with E-state index in [2.05, 4.69) is 0 Å². The van der Waals surface area contributed by atoms with Crippen LogP contribution in [-0.4, -0.2) is 5.11 Å². The van der Waals surface area contributed by atoms with Crippen molar-refractivity contribution < 1.29 is 5.11 Å². The molecule has 2 rings (SSSR count). The first-order chi connectivity index (χ1) is 3.38. The van der Waals surface area contributed by atoms with Gasteiger partial charge in [0, 0.05) is 5.56 Å².